The third-order valence-corrected chi connectivity index (χ3v) is 4.80. The molecule has 1 heterocycles. The van der Waals surface area contributed by atoms with E-state index in [1.54, 1.807) is 0 Å². The number of hydrogen-bond donors (Lipinski definition) is 1. The Bertz CT molecular complexity index is 760. The van der Waals surface area contributed by atoms with Crippen molar-refractivity contribution >= 4 is 28.9 Å². The van der Waals surface area contributed by atoms with E-state index in [9.17, 15) is 9.18 Å². The molecule has 1 aliphatic rings. The molecule has 1 fully saturated rings. The van der Waals surface area contributed by atoms with Crippen LogP contribution in [0.15, 0.2) is 42.5 Å². The molecule has 1 aliphatic heterocycles. The molecule has 2 aromatic carbocycles. The van der Waals surface area contributed by atoms with Gasteiger partial charge in [0, 0.05) is 26.2 Å². The topological polar surface area (TPSA) is 35.6 Å². The van der Waals surface area contributed by atoms with Crippen molar-refractivity contribution in [3.8, 4) is 0 Å². The molecule has 0 spiro atoms. The number of hydrogen-bond acceptors (Lipinski definition) is 3. The molecule has 6 heteroatoms. The highest BCUT2D eigenvalue weighted by molar-refractivity contribution is 6.34. The largest absolute Gasteiger partial charge is 0.367 e. The van der Waals surface area contributed by atoms with Gasteiger partial charge in [0.25, 0.3) is 5.91 Å². The van der Waals surface area contributed by atoms with Gasteiger partial charge in [-0.25, -0.2) is 4.39 Å². The first-order valence-corrected chi connectivity index (χ1v) is 8.79. The highest BCUT2D eigenvalue weighted by Gasteiger charge is 2.19. The molecule has 1 amide bonds. The van der Waals surface area contributed by atoms with E-state index < -0.39 is 5.82 Å². The van der Waals surface area contributed by atoms with Crippen molar-refractivity contribution < 1.29 is 9.18 Å². The molecule has 0 aromatic heterocycles. The second-order valence-electron chi connectivity index (χ2n) is 6.02. The Morgan fingerprint density at radius 3 is 2.56 bits per heavy atom. The van der Waals surface area contributed by atoms with Gasteiger partial charge in [-0.15, -0.1) is 0 Å². The normalized spacial score (nSPS) is 15.2. The lowest BCUT2D eigenvalue weighted by Gasteiger charge is -2.36. The van der Waals surface area contributed by atoms with Crippen LogP contribution >= 0.6 is 11.6 Å². The highest BCUT2D eigenvalue weighted by Crippen LogP contribution is 2.28. The van der Waals surface area contributed by atoms with E-state index in [1.165, 1.54) is 12.1 Å². The molecule has 25 heavy (non-hydrogen) atoms. The fourth-order valence-corrected chi connectivity index (χ4v) is 3.28. The number of anilines is 2. The number of likely N-dealkylation sites (N-methyl/N-ethyl adjacent to an activating group) is 1. The van der Waals surface area contributed by atoms with E-state index in [0.29, 0.717) is 0 Å². The van der Waals surface area contributed by atoms with E-state index >= 15 is 0 Å². The Kier molecular flexibility index (Phi) is 5.56. The zero-order valence-corrected chi connectivity index (χ0v) is 14.9. The molecule has 0 bridgehead atoms. The zero-order chi connectivity index (χ0) is 17.8. The van der Waals surface area contributed by atoms with Crippen molar-refractivity contribution in [1.29, 1.82) is 0 Å². The van der Waals surface area contributed by atoms with Crippen LogP contribution in [0.4, 0.5) is 15.8 Å². The van der Waals surface area contributed by atoms with Crippen LogP contribution in [0.5, 0.6) is 0 Å². The molecule has 132 valence electrons. The Balaban J connectivity index is 1.78. The lowest BCUT2D eigenvalue weighted by molar-refractivity contribution is 0.102. The number of benzene rings is 2. The van der Waals surface area contributed by atoms with E-state index in [4.69, 9.17) is 11.6 Å². The molecule has 1 N–H and O–H groups in total. The van der Waals surface area contributed by atoms with Gasteiger partial charge in [-0.2, -0.15) is 0 Å². The molecule has 0 saturated carbocycles. The lowest BCUT2D eigenvalue weighted by Crippen LogP contribution is -2.46. The maximum absolute atomic E-state index is 13.2. The van der Waals surface area contributed by atoms with Crippen molar-refractivity contribution in [2.45, 2.75) is 6.92 Å². The maximum Gasteiger partial charge on any atom is 0.257 e. The van der Waals surface area contributed by atoms with Crippen molar-refractivity contribution in [2.24, 2.45) is 0 Å². The van der Waals surface area contributed by atoms with E-state index in [0.717, 1.165) is 50.2 Å². The van der Waals surface area contributed by atoms with Crippen LogP contribution in [0, 0.1) is 5.82 Å². The Hall–Kier alpha value is -2.11. The number of para-hydroxylation sites is 2. The van der Waals surface area contributed by atoms with Gasteiger partial charge in [-0.1, -0.05) is 30.7 Å². The van der Waals surface area contributed by atoms with Crippen molar-refractivity contribution in [3.63, 3.8) is 0 Å². The number of piperazine rings is 1. The molecule has 0 atom stereocenters. The first-order valence-electron chi connectivity index (χ1n) is 8.41. The fraction of sp³-hybridized carbons (Fsp3) is 0.316. The number of nitrogens with zero attached hydrogens (tertiary/aromatic N) is 2. The molecule has 2 aromatic rings. The lowest BCUT2D eigenvalue weighted by atomic mass is 10.1. The summed E-state index contributed by atoms with van der Waals surface area (Å²) in [6.07, 6.45) is 0. The molecule has 4 nitrogen and oxygen atoms in total. The van der Waals surface area contributed by atoms with Gasteiger partial charge >= 0.3 is 0 Å². The third-order valence-electron chi connectivity index (χ3n) is 4.49. The Morgan fingerprint density at radius 2 is 1.88 bits per heavy atom. The minimum Gasteiger partial charge on any atom is -0.367 e. The summed E-state index contributed by atoms with van der Waals surface area (Å²) in [7, 11) is 0. The third kappa shape index (κ3) is 4.11. The summed E-state index contributed by atoms with van der Waals surface area (Å²) in [5.74, 6) is -0.805. The summed E-state index contributed by atoms with van der Waals surface area (Å²) in [4.78, 5) is 17.2. The smallest absolute Gasteiger partial charge is 0.257 e. The summed E-state index contributed by atoms with van der Waals surface area (Å²) >= 11 is 5.99. The predicted octanol–water partition coefficient (Wildman–Crippen LogP) is 3.87. The van der Waals surface area contributed by atoms with Crippen LogP contribution < -0.4 is 10.2 Å². The summed E-state index contributed by atoms with van der Waals surface area (Å²) in [6, 6.07) is 11.5. The van der Waals surface area contributed by atoms with Gasteiger partial charge < -0.3 is 15.1 Å². The standard InChI is InChI=1S/C19H21ClFN3O/c1-2-23-9-11-24(12-10-23)18-6-4-3-5-17(18)22-19(25)15-8-7-14(21)13-16(15)20/h3-8,13H,2,9-12H2,1H3,(H,22,25). The Labute approximate surface area is 152 Å². The first-order chi connectivity index (χ1) is 12.1. The SMILES string of the molecule is CCN1CCN(c2ccccc2NC(=O)c2ccc(F)cc2Cl)CC1. The quantitative estimate of drug-likeness (QED) is 0.897. The zero-order valence-electron chi connectivity index (χ0n) is 14.1. The van der Waals surface area contributed by atoms with Gasteiger partial charge in [-0.05, 0) is 36.9 Å². The average molecular weight is 362 g/mol. The number of carbonyl (C=O) groups excluding carboxylic acids is 1. The maximum atomic E-state index is 13.2. The van der Waals surface area contributed by atoms with Crippen molar-refractivity contribution in [1.82, 2.24) is 4.90 Å². The molecule has 0 unspecified atom stereocenters. The number of carbonyl (C=O) groups is 1. The number of rotatable bonds is 4. The minimum atomic E-state index is -0.462. The predicted molar refractivity (Wildman–Crippen MR) is 100 cm³/mol. The van der Waals surface area contributed by atoms with Gasteiger partial charge in [0.1, 0.15) is 5.82 Å². The van der Waals surface area contributed by atoms with Crippen LogP contribution in [0.2, 0.25) is 5.02 Å². The minimum absolute atomic E-state index is 0.103. The van der Waals surface area contributed by atoms with Gasteiger partial charge in [0.2, 0.25) is 0 Å². The second kappa shape index (κ2) is 7.85. The summed E-state index contributed by atoms with van der Waals surface area (Å²) in [6.45, 7) is 7.05. The van der Waals surface area contributed by atoms with Crippen molar-refractivity contribution in [3.05, 3.63) is 58.9 Å². The average Bonchev–Trinajstić information content (AvgIpc) is 2.62. The monoisotopic (exact) mass is 361 g/mol. The van der Waals surface area contributed by atoms with E-state index in [-0.39, 0.29) is 16.5 Å². The summed E-state index contributed by atoms with van der Waals surface area (Å²) in [5.41, 5.74) is 1.98. The molecule has 0 radical (unpaired) electrons. The van der Waals surface area contributed by atoms with Gasteiger partial charge in [0.05, 0.1) is 22.0 Å². The molecular formula is C19H21ClFN3O. The van der Waals surface area contributed by atoms with Crippen LogP contribution in [-0.4, -0.2) is 43.5 Å². The highest BCUT2D eigenvalue weighted by atomic mass is 35.5. The molecule has 0 aliphatic carbocycles. The molecule has 3 rings (SSSR count). The van der Waals surface area contributed by atoms with Crippen molar-refractivity contribution in [2.75, 3.05) is 42.9 Å². The van der Waals surface area contributed by atoms with E-state index in [1.807, 2.05) is 24.3 Å². The van der Waals surface area contributed by atoms with E-state index in [2.05, 4.69) is 22.0 Å². The summed E-state index contributed by atoms with van der Waals surface area (Å²) in [5, 5.41) is 3.01. The summed E-state index contributed by atoms with van der Waals surface area (Å²) < 4.78 is 13.2. The van der Waals surface area contributed by atoms with Crippen LogP contribution in [0.1, 0.15) is 17.3 Å². The van der Waals surface area contributed by atoms with Gasteiger partial charge in [0.15, 0.2) is 0 Å². The number of halogens is 2. The van der Waals surface area contributed by atoms with Crippen LogP contribution in [0.3, 0.4) is 0 Å². The number of nitrogens with one attached hydrogen (secondary N) is 1. The number of amides is 1. The van der Waals surface area contributed by atoms with Crippen LogP contribution in [0.25, 0.3) is 0 Å². The molecular weight excluding hydrogens is 341 g/mol. The second-order valence-corrected chi connectivity index (χ2v) is 6.42. The Morgan fingerprint density at radius 1 is 1.16 bits per heavy atom. The molecule has 1 saturated heterocycles. The van der Waals surface area contributed by atoms with Crippen LogP contribution in [-0.2, 0) is 0 Å². The first kappa shape index (κ1) is 17.7. The fourth-order valence-electron chi connectivity index (χ4n) is 3.02. The van der Waals surface area contributed by atoms with Gasteiger partial charge in [-0.3, -0.25) is 4.79 Å².